The molecule has 8 nitrogen and oxygen atoms in total. The lowest BCUT2D eigenvalue weighted by Gasteiger charge is -1.99. The zero-order chi connectivity index (χ0) is 25.9. The van der Waals surface area contributed by atoms with E-state index in [1.807, 2.05) is 6.92 Å². The summed E-state index contributed by atoms with van der Waals surface area (Å²) < 4.78 is 24.6. The van der Waals surface area contributed by atoms with Gasteiger partial charge in [0.1, 0.15) is 0 Å². The van der Waals surface area contributed by atoms with Gasteiger partial charge in [-0.25, -0.2) is 0 Å². The Morgan fingerprint density at radius 3 is 1.91 bits per heavy atom. The number of allylic oxidation sites excluding steroid dienone is 2. The Morgan fingerprint density at radius 2 is 1.49 bits per heavy atom. The lowest BCUT2D eigenvalue weighted by molar-refractivity contribution is -0.144. The number of epoxide rings is 2. The van der Waals surface area contributed by atoms with Gasteiger partial charge < -0.3 is 28.8 Å². The van der Waals surface area contributed by atoms with E-state index in [2.05, 4.69) is 17.9 Å². The van der Waals surface area contributed by atoms with E-state index < -0.39 is 0 Å². The molecule has 0 saturated carbocycles. The molecule has 2 fully saturated rings. The van der Waals surface area contributed by atoms with Crippen molar-refractivity contribution >= 4 is 11.9 Å². The molecule has 0 radical (unpaired) electrons. The standard InChI is InChI=1S/C7H12O3.C7H14O2.C7H12O2.C5H10O.CH4/c1-2-7(8)9-4-3-6-5-10-6;1-2-8-5-3-4-7-6-9-7;1-3-5-6-7(8)9-4-2;1-2-3-4-5-6;/h6H,2-5H2,1H3;7H,2-6H2,1H3;3H,1,4-6H2,2H3;2,6H,1,3-5H2;1H4. The number of hydrogen-bond acceptors (Lipinski definition) is 8. The molecule has 2 heterocycles. The van der Waals surface area contributed by atoms with Crippen LogP contribution in [0.25, 0.3) is 0 Å². The van der Waals surface area contributed by atoms with Crippen LogP contribution in [0.2, 0.25) is 0 Å². The van der Waals surface area contributed by atoms with Crippen LogP contribution < -0.4 is 0 Å². The van der Waals surface area contributed by atoms with Gasteiger partial charge in [-0.05, 0) is 46.0 Å². The summed E-state index contributed by atoms with van der Waals surface area (Å²) in [6.07, 6.45) is 11.0. The predicted octanol–water partition coefficient (Wildman–Crippen LogP) is 5.03. The molecule has 8 heteroatoms. The molecule has 2 aliphatic rings. The molecule has 2 saturated heterocycles. The van der Waals surface area contributed by atoms with E-state index in [-0.39, 0.29) is 26.0 Å². The lowest BCUT2D eigenvalue weighted by atomic mass is 10.3. The second kappa shape index (κ2) is 30.3. The number of rotatable bonds is 16. The van der Waals surface area contributed by atoms with E-state index >= 15 is 0 Å². The third-order valence-electron chi connectivity index (χ3n) is 4.24. The molecule has 208 valence electrons. The second-order valence-electron chi connectivity index (χ2n) is 7.40. The van der Waals surface area contributed by atoms with Gasteiger partial charge in [0.25, 0.3) is 0 Å². The normalized spacial score (nSPS) is 16.2. The lowest BCUT2D eigenvalue weighted by Crippen LogP contribution is -2.05. The second-order valence-corrected chi connectivity index (χ2v) is 7.40. The minimum Gasteiger partial charge on any atom is -0.466 e. The predicted molar refractivity (Wildman–Crippen MR) is 140 cm³/mol. The Labute approximate surface area is 214 Å². The van der Waals surface area contributed by atoms with E-state index in [9.17, 15) is 9.59 Å². The van der Waals surface area contributed by atoms with E-state index in [1.54, 1.807) is 26.0 Å². The monoisotopic (exact) mass is 504 g/mol. The van der Waals surface area contributed by atoms with Crippen LogP contribution in [0.1, 0.15) is 79.6 Å². The van der Waals surface area contributed by atoms with Gasteiger partial charge in [-0.1, -0.05) is 26.5 Å². The maximum absolute atomic E-state index is 10.6. The minimum absolute atomic E-state index is 0. The molecule has 0 bridgehead atoms. The van der Waals surface area contributed by atoms with Crippen molar-refractivity contribution in [3.8, 4) is 0 Å². The maximum atomic E-state index is 10.6. The van der Waals surface area contributed by atoms with Gasteiger partial charge in [0.15, 0.2) is 0 Å². The summed E-state index contributed by atoms with van der Waals surface area (Å²) in [7, 11) is 0. The molecule has 0 aromatic rings. The quantitative estimate of drug-likeness (QED) is 0.135. The molecule has 2 unspecified atom stereocenters. The topological polar surface area (TPSA) is 107 Å². The number of aliphatic hydroxyl groups is 1. The molecule has 2 aliphatic heterocycles. The average Bonchev–Trinajstić information content (AvgIpc) is 3.76. The van der Waals surface area contributed by atoms with Crippen LogP contribution in [0.4, 0.5) is 0 Å². The van der Waals surface area contributed by atoms with E-state index in [4.69, 9.17) is 24.1 Å². The highest BCUT2D eigenvalue weighted by molar-refractivity contribution is 5.69. The Hall–Kier alpha value is -1.74. The van der Waals surface area contributed by atoms with Crippen molar-refractivity contribution < 1.29 is 38.4 Å². The fraction of sp³-hybridized carbons (Fsp3) is 0.778. The van der Waals surface area contributed by atoms with Crippen molar-refractivity contribution in [2.24, 2.45) is 0 Å². The van der Waals surface area contributed by atoms with Gasteiger partial charge in [0.05, 0.1) is 38.6 Å². The van der Waals surface area contributed by atoms with Crippen molar-refractivity contribution in [1.29, 1.82) is 0 Å². The molecule has 0 aromatic heterocycles. The van der Waals surface area contributed by atoms with Crippen molar-refractivity contribution in [2.75, 3.05) is 46.2 Å². The fourth-order valence-electron chi connectivity index (χ4n) is 2.12. The highest BCUT2D eigenvalue weighted by Crippen LogP contribution is 2.14. The number of esters is 2. The van der Waals surface area contributed by atoms with E-state index in [0.717, 1.165) is 52.1 Å². The van der Waals surface area contributed by atoms with Crippen molar-refractivity contribution in [2.45, 2.75) is 91.8 Å². The molecule has 1 N–H and O–H groups in total. The van der Waals surface area contributed by atoms with Crippen LogP contribution in [0.15, 0.2) is 25.3 Å². The first-order chi connectivity index (χ1) is 16.5. The zero-order valence-corrected chi connectivity index (χ0v) is 21.6. The SMILES string of the molecule is C.C=CCCC(=O)OCC.C=CCCCO.CCC(=O)OCCC1CO1.CCOCCCC1CO1. The summed E-state index contributed by atoms with van der Waals surface area (Å²) in [4.78, 5) is 21.1. The number of unbranched alkanes of at least 4 members (excludes halogenated alkanes) is 1. The third-order valence-corrected chi connectivity index (χ3v) is 4.24. The number of carbonyl (C=O) groups is 2. The number of ether oxygens (including phenoxy) is 5. The Morgan fingerprint density at radius 1 is 0.886 bits per heavy atom. The fourth-order valence-corrected chi connectivity index (χ4v) is 2.12. The van der Waals surface area contributed by atoms with Crippen molar-refractivity contribution in [3.63, 3.8) is 0 Å². The van der Waals surface area contributed by atoms with Crippen LogP contribution in [0, 0.1) is 0 Å². The summed E-state index contributed by atoms with van der Waals surface area (Å²) >= 11 is 0. The molecule has 2 atom stereocenters. The van der Waals surface area contributed by atoms with Gasteiger partial charge in [-0.15, -0.1) is 13.2 Å². The highest BCUT2D eigenvalue weighted by atomic mass is 16.6. The Balaban J connectivity index is -0.000000392. The van der Waals surface area contributed by atoms with Crippen LogP contribution in [0.5, 0.6) is 0 Å². The van der Waals surface area contributed by atoms with Crippen LogP contribution in [0.3, 0.4) is 0 Å². The van der Waals surface area contributed by atoms with Gasteiger partial charge >= 0.3 is 11.9 Å². The third kappa shape index (κ3) is 37.0. The first-order valence-electron chi connectivity index (χ1n) is 12.4. The summed E-state index contributed by atoms with van der Waals surface area (Å²) in [6.45, 7) is 17.4. The van der Waals surface area contributed by atoms with Gasteiger partial charge in [-0.2, -0.15) is 0 Å². The summed E-state index contributed by atoms with van der Waals surface area (Å²) in [5.74, 6) is -0.266. The molecule has 0 aromatic carbocycles. The average molecular weight is 505 g/mol. The molecule has 0 aliphatic carbocycles. The molecule has 2 rings (SSSR count). The molecule has 0 spiro atoms. The zero-order valence-electron chi connectivity index (χ0n) is 21.6. The Kier molecular flexibility index (Phi) is 32.7. The first-order valence-corrected chi connectivity index (χ1v) is 12.4. The number of hydrogen-bond donors (Lipinski definition) is 1. The molecule has 0 amide bonds. The van der Waals surface area contributed by atoms with Gasteiger partial charge in [0, 0.05) is 39.1 Å². The van der Waals surface area contributed by atoms with Crippen LogP contribution >= 0.6 is 0 Å². The minimum atomic E-state index is -0.141. The number of aliphatic hydroxyl groups excluding tert-OH is 1. The molecular weight excluding hydrogens is 452 g/mol. The highest BCUT2D eigenvalue weighted by Gasteiger charge is 2.22. The largest absolute Gasteiger partial charge is 0.466 e. The van der Waals surface area contributed by atoms with Crippen LogP contribution in [-0.4, -0.2) is 75.5 Å². The van der Waals surface area contributed by atoms with Gasteiger partial charge in [-0.3, -0.25) is 9.59 Å². The van der Waals surface area contributed by atoms with Crippen molar-refractivity contribution in [1.82, 2.24) is 0 Å². The van der Waals surface area contributed by atoms with E-state index in [1.165, 1.54) is 6.42 Å². The van der Waals surface area contributed by atoms with Crippen molar-refractivity contribution in [3.05, 3.63) is 25.3 Å². The molecular formula is C27H52O8. The number of carbonyl (C=O) groups excluding carboxylic acids is 2. The van der Waals surface area contributed by atoms with E-state index in [0.29, 0.717) is 44.7 Å². The summed E-state index contributed by atoms with van der Waals surface area (Å²) in [5, 5.41) is 8.15. The summed E-state index contributed by atoms with van der Waals surface area (Å²) in [6, 6.07) is 0. The first kappa shape index (κ1) is 37.8. The smallest absolute Gasteiger partial charge is 0.306 e. The Bertz CT molecular complexity index is 488. The van der Waals surface area contributed by atoms with Crippen LogP contribution in [-0.2, 0) is 33.3 Å². The summed E-state index contributed by atoms with van der Waals surface area (Å²) in [5.41, 5.74) is 0. The van der Waals surface area contributed by atoms with Gasteiger partial charge in [0.2, 0.25) is 0 Å². The maximum Gasteiger partial charge on any atom is 0.306 e. The molecule has 35 heavy (non-hydrogen) atoms.